The second kappa shape index (κ2) is 7.93. The lowest BCUT2D eigenvalue weighted by molar-refractivity contribution is 0.601. The van der Waals surface area contributed by atoms with E-state index in [1.807, 2.05) is 18.4 Å². The summed E-state index contributed by atoms with van der Waals surface area (Å²) in [5.74, 6) is 0. The number of anilines is 1. The number of sulfonamides is 1. The van der Waals surface area contributed by atoms with Gasteiger partial charge in [0.2, 0.25) is 0 Å². The van der Waals surface area contributed by atoms with Crippen molar-refractivity contribution in [1.29, 1.82) is 0 Å². The van der Waals surface area contributed by atoms with E-state index in [0.717, 1.165) is 9.58 Å². The van der Waals surface area contributed by atoms with E-state index in [1.54, 1.807) is 23.9 Å². The first-order chi connectivity index (χ1) is 12.8. The first-order valence-electron chi connectivity index (χ1n) is 7.52. The maximum Gasteiger partial charge on any atom is 0.291 e. The van der Waals surface area contributed by atoms with Crippen molar-refractivity contribution in [2.75, 3.05) is 11.0 Å². The Morgan fingerprint density at radius 1 is 1.04 bits per heavy atom. The van der Waals surface area contributed by atoms with Crippen molar-refractivity contribution < 1.29 is 8.42 Å². The van der Waals surface area contributed by atoms with Crippen LogP contribution >= 0.6 is 35.0 Å². The zero-order chi connectivity index (χ0) is 19.6. The molecule has 1 N–H and O–H groups in total. The van der Waals surface area contributed by atoms with Crippen LogP contribution in [0, 0.1) is 0 Å². The van der Waals surface area contributed by atoms with E-state index < -0.39 is 15.6 Å². The third-order valence-corrected chi connectivity index (χ3v) is 6.50. The minimum absolute atomic E-state index is 0.0494. The number of rotatable bonds is 5. The molecule has 0 spiro atoms. The van der Waals surface area contributed by atoms with Crippen LogP contribution < -0.4 is 10.3 Å². The zero-order valence-electron chi connectivity index (χ0n) is 13.9. The molecule has 0 amide bonds. The van der Waals surface area contributed by atoms with E-state index >= 15 is 0 Å². The molecule has 0 radical (unpaired) electrons. The van der Waals surface area contributed by atoms with Crippen molar-refractivity contribution >= 4 is 50.7 Å². The quantitative estimate of drug-likeness (QED) is 0.603. The van der Waals surface area contributed by atoms with Crippen LogP contribution in [0.3, 0.4) is 0 Å². The van der Waals surface area contributed by atoms with Gasteiger partial charge in [-0.05, 0) is 54.8 Å². The number of nitrogens with one attached hydrogen (secondary N) is 1. The average Bonchev–Trinajstić information content (AvgIpc) is 2.67. The molecule has 0 atom stereocenters. The fourth-order valence-electron chi connectivity index (χ4n) is 2.24. The highest BCUT2D eigenvalue weighted by molar-refractivity contribution is 7.98. The number of hydrogen-bond acceptors (Lipinski definition) is 5. The Bertz CT molecular complexity index is 1130. The number of aromatic nitrogens is 2. The molecule has 2 aromatic carbocycles. The minimum atomic E-state index is -3.77. The third-order valence-electron chi connectivity index (χ3n) is 3.61. The van der Waals surface area contributed by atoms with Crippen molar-refractivity contribution in [3.05, 3.63) is 75.1 Å². The molecule has 10 heteroatoms. The maximum atomic E-state index is 12.5. The third kappa shape index (κ3) is 4.30. The standard InChI is InChI=1S/C17H13Cl2N3O3S2/c1-26-13-6-2-11(3-7-13)21-27(24,25)14-8-4-12(5-9-14)22-17(23)16(19)15(18)10-20-22/h2-10,21H,1H3. The van der Waals surface area contributed by atoms with Crippen LogP contribution in [0.4, 0.5) is 5.69 Å². The Labute approximate surface area is 170 Å². The molecule has 3 aromatic rings. The Hall–Kier alpha value is -2.00. The molecule has 0 saturated carbocycles. The molecule has 0 fully saturated rings. The Morgan fingerprint density at radius 2 is 1.67 bits per heavy atom. The first kappa shape index (κ1) is 19.8. The number of benzene rings is 2. The molecule has 27 heavy (non-hydrogen) atoms. The Balaban J connectivity index is 1.88. The van der Waals surface area contributed by atoms with E-state index in [4.69, 9.17) is 23.2 Å². The van der Waals surface area contributed by atoms with E-state index in [-0.39, 0.29) is 14.9 Å². The van der Waals surface area contributed by atoms with Gasteiger partial charge in [0, 0.05) is 10.6 Å². The molecule has 0 aliphatic carbocycles. The van der Waals surface area contributed by atoms with Crippen molar-refractivity contribution in [1.82, 2.24) is 9.78 Å². The maximum absolute atomic E-state index is 12.5. The van der Waals surface area contributed by atoms with Crippen LogP contribution in [0.2, 0.25) is 10.0 Å². The van der Waals surface area contributed by atoms with Crippen molar-refractivity contribution in [3.63, 3.8) is 0 Å². The fraction of sp³-hybridized carbons (Fsp3) is 0.0588. The normalized spacial score (nSPS) is 11.4. The summed E-state index contributed by atoms with van der Waals surface area (Å²) in [6.07, 6.45) is 3.19. The predicted octanol–water partition coefficient (Wildman–Crippen LogP) is 4.06. The highest BCUT2D eigenvalue weighted by atomic mass is 35.5. The monoisotopic (exact) mass is 441 g/mol. The van der Waals surface area contributed by atoms with Gasteiger partial charge in [0.15, 0.2) is 0 Å². The molecular weight excluding hydrogens is 429 g/mol. The summed E-state index contributed by atoms with van der Waals surface area (Å²) >= 11 is 13.2. The summed E-state index contributed by atoms with van der Waals surface area (Å²) in [7, 11) is -3.77. The molecule has 6 nitrogen and oxygen atoms in total. The lowest BCUT2D eigenvalue weighted by Crippen LogP contribution is -2.21. The number of nitrogens with zero attached hydrogens (tertiary/aromatic N) is 2. The van der Waals surface area contributed by atoms with Crippen molar-refractivity contribution in [2.45, 2.75) is 9.79 Å². The zero-order valence-corrected chi connectivity index (χ0v) is 17.0. The Morgan fingerprint density at radius 3 is 2.26 bits per heavy atom. The van der Waals surface area contributed by atoms with Gasteiger partial charge in [0.25, 0.3) is 15.6 Å². The van der Waals surface area contributed by atoms with Gasteiger partial charge in [-0.15, -0.1) is 11.8 Å². The topological polar surface area (TPSA) is 81.1 Å². The van der Waals surface area contributed by atoms with Gasteiger partial charge >= 0.3 is 0 Å². The summed E-state index contributed by atoms with van der Waals surface area (Å²) in [4.78, 5) is 13.2. The molecular formula is C17H13Cl2N3O3S2. The predicted molar refractivity (Wildman–Crippen MR) is 109 cm³/mol. The minimum Gasteiger partial charge on any atom is -0.280 e. The van der Waals surface area contributed by atoms with Crippen LogP contribution in [-0.2, 0) is 10.0 Å². The average molecular weight is 442 g/mol. The lowest BCUT2D eigenvalue weighted by atomic mass is 10.3. The van der Waals surface area contributed by atoms with Gasteiger partial charge in [-0.25, -0.2) is 8.42 Å². The largest absolute Gasteiger partial charge is 0.291 e. The second-order valence-corrected chi connectivity index (χ2v) is 8.70. The molecule has 140 valence electrons. The van der Waals surface area contributed by atoms with Gasteiger partial charge in [-0.3, -0.25) is 9.52 Å². The number of halogens is 2. The summed E-state index contributed by atoms with van der Waals surface area (Å²) in [5, 5.41) is 3.80. The number of hydrogen-bond donors (Lipinski definition) is 1. The van der Waals surface area contributed by atoms with Crippen LogP contribution in [0.1, 0.15) is 0 Å². The van der Waals surface area contributed by atoms with E-state index in [2.05, 4.69) is 9.82 Å². The molecule has 0 unspecified atom stereocenters. The molecule has 0 bridgehead atoms. The van der Waals surface area contributed by atoms with Crippen LogP contribution in [-0.4, -0.2) is 24.5 Å². The summed E-state index contributed by atoms with van der Waals surface area (Å²) in [6.45, 7) is 0. The molecule has 1 aromatic heterocycles. The van der Waals surface area contributed by atoms with E-state index in [9.17, 15) is 13.2 Å². The molecule has 1 heterocycles. The highest BCUT2D eigenvalue weighted by Gasteiger charge is 2.15. The summed E-state index contributed by atoms with van der Waals surface area (Å²) < 4.78 is 28.6. The molecule has 0 aliphatic heterocycles. The van der Waals surface area contributed by atoms with Gasteiger partial charge in [0.1, 0.15) is 5.02 Å². The van der Waals surface area contributed by atoms with Gasteiger partial charge in [-0.2, -0.15) is 9.78 Å². The van der Waals surface area contributed by atoms with E-state index in [1.165, 1.54) is 30.5 Å². The Kier molecular flexibility index (Phi) is 5.81. The van der Waals surface area contributed by atoms with E-state index in [0.29, 0.717) is 11.4 Å². The molecule has 3 rings (SSSR count). The SMILES string of the molecule is CSc1ccc(NS(=O)(=O)c2ccc(-n3ncc(Cl)c(Cl)c3=O)cc2)cc1. The van der Waals surface area contributed by atoms with Crippen LogP contribution in [0.25, 0.3) is 5.69 Å². The number of thioether (sulfide) groups is 1. The summed E-state index contributed by atoms with van der Waals surface area (Å²) in [5.41, 5.74) is 0.230. The first-order valence-corrected chi connectivity index (χ1v) is 11.0. The smallest absolute Gasteiger partial charge is 0.280 e. The second-order valence-electron chi connectivity index (χ2n) is 5.35. The van der Waals surface area contributed by atoms with Crippen molar-refractivity contribution in [2.24, 2.45) is 0 Å². The van der Waals surface area contributed by atoms with Gasteiger partial charge < -0.3 is 0 Å². The van der Waals surface area contributed by atoms with Gasteiger partial charge in [-0.1, -0.05) is 23.2 Å². The van der Waals surface area contributed by atoms with Crippen molar-refractivity contribution in [3.8, 4) is 5.69 Å². The molecule has 0 aliphatic rings. The molecule has 0 saturated heterocycles. The van der Waals surface area contributed by atoms with Gasteiger partial charge in [0.05, 0.1) is 21.8 Å². The lowest BCUT2D eigenvalue weighted by Gasteiger charge is -2.10. The van der Waals surface area contributed by atoms with Crippen LogP contribution in [0.5, 0.6) is 0 Å². The summed E-state index contributed by atoms with van der Waals surface area (Å²) in [6, 6.07) is 12.7. The van der Waals surface area contributed by atoms with Crippen LogP contribution in [0.15, 0.2) is 69.3 Å². The fourth-order valence-corrected chi connectivity index (χ4v) is 3.96. The highest BCUT2D eigenvalue weighted by Crippen LogP contribution is 2.21.